The first-order chi connectivity index (χ1) is 8.81. The second-order valence-corrected chi connectivity index (χ2v) is 6.22. The van der Waals surface area contributed by atoms with Crippen molar-refractivity contribution in [1.29, 1.82) is 0 Å². The van der Waals surface area contributed by atoms with Crippen LogP contribution in [0.2, 0.25) is 0 Å². The molecule has 1 nitrogen and oxygen atoms in total. The summed E-state index contributed by atoms with van der Waals surface area (Å²) in [6.45, 7) is 3.61. The molecule has 0 saturated heterocycles. The number of benzene rings is 1. The monoisotopic (exact) mass is 281 g/mol. The maximum atomic E-state index is 13.9. The Bertz CT molecular complexity index is 483. The van der Waals surface area contributed by atoms with Crippen LogP contribution < -0.4 is 5.32 Å². The normalized spacial score (nSPS) is 10.8. The van der Waals surface area contributed by atoms with Crippen LogP contribution in [0.1, 0.15) is 18.9 Å². The summed E-state index contributed by atoms with van der Waals surface area (Å²) in [6, 6.07) is 9.36. The second kappa shape index (κ2) is 6.92. The van der Waals surface area contributed by atoms with Gasteiger partial charge in [-0.3, -0.25) is 0 Å². The molecule has 0 radical (unpaired) electrons. The maximum Gasteiger partial charge on any atom is 0.128 e. The predicted molar refractivity (Wildman–Crippen MR) is 76.8 cm³/mol. The van der Waals surface area contributed by atoms with Crippen molar-refractivity contribution in [1.82, 2.24) is 5.32 Å². The van der Waals surface area contributed by atoms with Gasteiger partial charge in [0.2, 0.25) is 0 Å². The van der Waals surface area contributed by atoms with Crippen LogP contribution in [0.15, 0.2) is 44.8 Å². The van der Waals surface area contributed by atoms with Gasteiger partial charge in [-0.25, -0.2) is 4.39 Å². The molecule has 1 heterocycles. The van der Waals surface area contributed by atoms with E-state index in [-0.39, 0.29) is 5.82 Å². The van der Waals surface area contributed by atoms with Crippen LogP contribution in [0.25, 0.3) is 0 Å². The van der Waals surface area contributed by atoms with Crippen molar-refractivity contribution < 1.29 is 4.39 Å². The molecule has 0 aliphatic carbocycles. The minimum absolute atomic E-state index is 0.125. The van der Waals surface area contributed by atoms with Crippen LogP contribution in [0.5, 0.6) is 0 Å². The number of halogens is 1. The predicted octanol–water partition coefficient (Wildman–Crippen LogP) is 4.54. The SMILES string of the molecule is CCCNCc1c(F)cccc1Sc1cccs1. The van der Waals surface area contributed by atoms with Gasteiger partial charge in [-0.2, -0.15) is 0 Å². The third kappa shape index (κ3) is 3.57. The molecule has 2 aromatic rings. The molecule has 0 aliphatic rings. The van der Waals surface area contributed by atoms with Gasteiger partial charge < -0.3 is 5.32 Å². The van der Waals surface area contributed by atoms with Gasteiger partial charge in [0.05, 0.1) is 4.21 Å². The molecule has 0 bridgehead atoms. The smallest absolute Gasteiger partial charge is 0.128 e. The molecular weight excluding hydrogens is 265 g/mol. The fourth-order valence-corrected chi connectivity index (χ4v) is 3.51. The van der Waals surface area contributed by atoms with Gasteiger partial charge in [-0.15, -0.1) is 11.3 Å². The standard InChI is InChI=1S/C14H16FNS2/c1-2-8-16-10-11-12(15)5-3-6-13(11)18-14-7-4-9-17-14/h3-7,9,16H,2,8,10H2,1H3. The van der Waals surface area contributed by atoms with Crippen LogP contribution in [0.3, 0.4) is 0 Å². The van der Waals surface area contributed by atoms with E-state index in [0.717, 1.165) is 23.4 Å². The van der Waals surface area contributed by atoms with E-state index in [0.29, 0.717) is 6.54 Å². The first kappa shape index (κ1) is 13.6. The van der Waals surface area contributed by atoms with Gasteiger partial charge in [0.15, 0.2) is 0 Å². The molecule has 1 N–H and O–H groups in total. The third-order valence-electron chi connectivity index (χ3n) is 2.51. The lowest BCUT2D eigenvalue weighted by Crippen LogP contribution is -2.15. The topological polar surface area (TPSA) is 12.0 Å². The molecule has 0 saturated carbocycles. The second-order valence-electron chi connectivity index (χ2n) is 3.93. The molecule has 0 unspecified atom stereocenters. The van der Waals surface area contributed by atoms with Gasteiger partial charge in [0, 0.05) is 17.0 Å². The minimum Gasteiger partial charge on any atom is -0.313 e. The Morgan fingerprint density at radius 3 is 2.89 bits per heavy atom. The number of hydrogen-bond donors (Lipinski definition) is 1. The van der Waals surface area contributed by atoms with Crippen molar-refractivity contribution in [2.24, 2.45) is 0 Å². The van der Waals surface area contributed by atoms with E-state index in [4.69, 9.17) is 0 Å². The van der Waals surface area contributed by atoms with E-state index in [1.54, 1.807) is 29.2 Å². The minimum atomic E-state index is -0.125. The highest BCUT2D eigenvalue weighted by Gasteiger charge is 2.09. The lowest BCUT2D eigenvalue weighted by Gasteiger charge is -2.10. The van der Waals surface area contributed by atoms with Crippen molar-refractivity contribution in [2.75, 3.05) is 6.54 Å². The molecule has 18 heavy (non-hydrogen) atoms. The van der Waals surface area contributed by atoms with Gasteiger partial charge in [-0.05, 0) is 36.5 Å². The summed E-state index contributed by atoms with van der Waals surface area (Å²) in [4.78, 5) is 1.00. The first-order valence-electron chi connectivity index (χ1n) is 6.00. The zero-order valence-electron chi connectivity index (χ0n) is 10.3. The Labute approximate surface area is 115 Å². The van der Waals surface area contributed by atoms with E-state index in [1.807, 2.05) is 17.5 Å². The van der Waals surface area contributed by atoms with E-state index in [9.17, 15) is 4.39 Å². The maximum absolute atomic E-state index is 13.9. The molecule has 96 valence electrons. The molecule has 1 aromatic carbocycles. The van der Waals surface area contributed by atoms with Gasteiger partial charge >= 0.3 is 0 Å². The summed E-state index contributed by atoms with van der Waals surface area (Å²) < 4.78 is 15.0. The average Bonchev–Trinajstić information content (AvgIpc) is 2.86. The molecule has 0 spiro atoms. The van der Waals surface area contributed by atoms with Gasteiger partial charge in [0.1, 0.15) is 5.82 Å². The van der Waals surface area contributed by atoms with Crippen molar-refractivity contribution in [3.8, 4) is 0 Å². The Hall–Kier alpha value is -0.840. The molecular formula is C14H16FNS2. The summed E-state index contributed by atoms with van der Waals surface area (Å²) in [6.07, 6.45) is 1.06. The van der Waals surface area contributed by atoms with Crippen LogP contribution in [-0.2, 0) is 6.54 Å². The summed E-state index contributed by atoms with van der Waals surface area (Å²) in [5.74, 6) is -0.125. The summed E-state index contributed by atoms with van der Waals surface area (Å²) in [7, 11) is 0. The molecule has 0 amide bonds. The fraction of sp³-hybridized carbons (Fsp3) is 0.286. The highest BCUT2D eigenvalue weighted by atomic mass is 32.2. The summed E-state index contributed by atoms with van der Waals surface area (Å²) in [5.41, 5.74) is 0.768. The highest BCUT2D eigenvalue weighted by molar-refractivity contribution is 8.01. The number of hydrogen-bond acceptors (Lipinski definition) is 3. The van der Waals surface area contributed by atoms with Crippen LogP contribution >= 0.6 is 23.1 Å². The summed E-state index contributed by atoms with van der Waals surface area (Å²) >= 11 is 3.31. The number of nitrogens with one attached hydrogen (secondary N) is 1. The fourth-order valence-electron chi connectivity index (χ4n) is 1.63. The zero-order valence-corrected chi connectivity index (χ0v) is 11.9. The largest absolute Gasteiger partial charge is 0.313 e. The molecule has 4 heteroatoms. The lowest BCUT2D eigenvalue weighted by atomic mass is 10.2. The Morgan fingerprint density at radius 2 is 2.17 bits per heavy atom. The van der Waals surface area contributed by atoms with Gasteiger partial charge in [0.25, 0.3) is 0 Å². The lowest BCUT2D eigenvalue weighted by molar-refractivity contribution is 0.579. The highest BCUT2D eigenvalue weighted by Crippen LogP contribution is 2.34. The van der Waals surface area contributed by atoms with Gasteiger partial charge in [-0.1, -0.05) is 30.8 Å². The van der Waals surface area contributed by atoms with Crippen molar-refractivity contribution >= 4 is 23.1 Å². The third-order valence-corrected chi connectivity index (χ3v) is 4.65. The molecule has 0 atom stereocenters. The van der Waals surface area contributed by atoms with E-state index >= 15 is 0 Å². The molecule has 1 aromatic heterocycles. The van der Waals surface area contributed by atoms with Crippen LogP contribution in [0.4, 0.5) is 4.39 Å². The molecule has 0 fully saturated rings. The number of rotatable bonds is 6. The molecule has 2 rings (SSSR count). The van der Waals surface area contributed by atoms with E-state index in [2.05, 4.69) is 18.3 Å². The molecule has 0 aliphatic heterocycles. The zero-order chi connectivity index (χ0) is 12.8. The Kier molecular flexibility index (Phi) is 5.23. The van der Waals surface area contributed by atoms with Crippen molar-refractivity contribution in [3.63, 3.8) is 0 Å². The van der Waals surface area contributed by atoms with E-state index < -0.39 is 0 Å². The van der Waals surface area contributed by atoms with Crippen molar-refractivity contribution in [3.05, 3.63) is 47.1 Å². The van der Waals surface area contributed by atoms with Crippen LogP contribution in [0, 0.1) is 5.82 Å². The quantitative estimate of drug-likeness (QED) is 0.780. The Balaban J connectivity index is 2.15. The summed E-state index contributed by atoms with van der Waals surface area (Å²) in [5, 5.41) is 5.30. The van der Waals surface area contributed by atoms with Crippen LogP contribution in [-0.4, -0.2) is 6.54 Å². The average molecular weight is 281 g/mol. The number of thiophene rings is 1. The Morgan fingerprint density at radius 1 is 1.28 bits per heavy atom. The van der Waals surface area contributed by atoms with E-state index in [1.165, 1.54) is 10.3 Å². The van der Waals surface area contributed by atoms with Crippen molar-refractivity contribution in [2.45, 2.75) is 29.0 Å². The first-order valence-corrected chi connectivity index (χ1v) is 7.70.